The number of benzene rings is 1. The van der Waals surface area contributed by atoms with Crippen LogP contribution in [0.2, 0.25) is 0 Å². The molecule has 8 heteroatoms. The topological polar surface area (TPSA) is 77.8 Å². The van der Waals surface area contributed by atoms with Crippen LogP contribution in [-0.2, 0) is 16.1 Å². The fraction of sp³-hybridized carbons (Fsp3) is 0.381. The summed E-state index contributed by atoms with van der Waals surface area (Å²) < 4.78 is 13.9. The molecule has 0 saturated carbocycles. The van der Waals surface area contributed by atoms with Gasteiger partial charge in [0.25, 0.3) is 0 Å². The third-order valence-electron chi connectivity index (χ3n) is 4.38. The molecule has 0 fully saturated rings. The maximum atomic E-state index is 12.7. The largest absolute Gasteiger partial charge is 0.493 e. The molecular weight excluding hydrogens is 436 g/mol. The number of hydrogen-bond donors (Lipinski definition) is 1. The van der Waals surface area contributed by atoms with Gasteiger partial charge in [0.15, 0.2) is 11.6 Å². The average Bonchev–Trinajstić information content (AvgIpc) is 3.10. The first-order valence-electron chi connectivity index (χ1n) is 9.30. The molecule has 29 heavy (non-hydrogen) atoms. The number of ether oxygens (including phenoxy) is 2. The van der Waals surface area contributed by atoms with Crippen molar-refractivity contribution in [3.05, 3.63) is 58.5 Å². The smallest absolute Gasteiger partial charge is 0.226 e. The van der Waals surface area contributed by atoms with Crippen LogP contribution in [0.25, 0.3) is 5.65 Å². The number of rotatable bonds is 7. The average molecular weight is 461 g/mol. The summed E-state index contributed by atoms with van der Waals surface area (Å²) in [5.41, 5.74) is 1.09. The van der Waals surface area contributed by atoms with Gasteiger partial charge in [-0.15, -0.1) is 10.2 Å². The van der Waals surface area contributed by atoms with Crippen LogP contribution in [0.5, 0.6) is 5.75 Å². The summed E-state index contributed by atoms with van der Waals surface area (Å²) in [5, 5.41) is 11.6. The molecule has 7 nitrogen and oxygen atoms in total. The van der Waals surface area contributed by atoms with E-state index in [2.05, 4.69) is 31.4 Å². The van der Waals surface area contributed by atoms with E-state index >= 15 is 0 Å². The van der Waals surface area contributed by atoms with Crippen molar-refractivity contribution in [1.82, 2.24) is 19.9 Å². The molecule has 3 aromatic rings. The van der Waals surface area contributed by atoms with Gasteiger partial charge in [0, 0.05) is 16.1 Å². The number of hydrogen-bond acceptors (Lipinski definition) is 5. The predicted molar refractivity (Wildman–Crippen MR) is 114 cm³/mol. The maximum Gasteiger partial charge on any atom is 0.226 e. The van der Waals surface area contributed by atoms with Crippen molar-refractivity contribution in [2.24, 2.45) is 5.41 Å². The summed E-state index contributed by atoms with van der Waals surface area (Å²) in [6.07, 6.45) is 1.85. The van der Waals surface area contributed by atoms with Crippen molar-refractivity contribution in [2.45, 2.75) is 33.4 Å². The van der Waals surface area contributed by atoms with E-state index in [0.29, 0.717) is 23.8 Å². The SMILES string of the molecule is COc1cc(Br)cn2c([C@@H](COCc3ccccc3)NC(=O)C(C)(C)C)nnc12. The summed E-state index contributed by atoms with van der Waals surface area (Å²) in [6.45, 7) is 6.29. The van der Waals surface area contributed by atoms with Crippen molar-refractivity contribution < 1.29 is 14.3 Å². The minimum absolute atomic E-state index is 0.0930. The molecule has 3 rings (SSSR count). The minimum atomic E-state index is -0.545. The molecule has 0 bridgehead atoms. The number of methoxy groups -OCH3 is 1. The van der Waals surface area contributed by atoms with Crippen molar-refractivity contribution in [1.29, 1.82) is 0 Å². The van der Waals surface area contributed by atoms with Gasteiger partial charge >= 0.3 is 0 Å². The summed E-state index contributed by atoms with van der Waals surface area (Å²) >= 11 is 3.48. The molecule has 0 aliphatic rings. The highest BCUT2D eigenvalue weighted by atomic mass is 79.9. The molecule has 1 N–H and O–H groups in total. The first-order chi connectivity index (χ1) is 13.8. The molecule has 1 atom stereocenters. The molecule has 0 aliphatic heterocycles. The van der Waals surface area contributed by atoms with Gasteiger partial charge in [-0.25, -0.2) is 0 Å². The Hall–Kier alpha value is -2.45. The molecule has 0 saturated heterocycles. The van der Waals surface area contributed by atoms with Crippen molar-refractivity contribution in [3.63, 3.8) is 0 Å². The fourth-order valence-corrected chi connectivity index (χ4v) is 3.17. The van der Waals surface area contributed by atoms with Gasteiger partial charge in [-0.2, -0.15) is 0 Å². The zero-order chi connectivity index (χ0) is 21.0. The summed E-state index contributed by atoms with van der Waals surface area (Å²) in [5.74, 6) is 1.07. The van der Waals surface area contributed by atoms with E-state index < -0.39 is 11.5 Å². The molecule has 0 spiro atoms. The quantitative estimate of drug-likeness (QED) is 0.577. The second-order valence-electron chi connectivity index (χ2n) is 7.76. The highest BCUT2D eigenvalue weighted by Gasteiger charge is 2.28. The molecule has 1 aromatic carbocycles. The van der Waals surface area contributed by atoms with Gasteiger partial charge in [-0.3, -0.25) is 9.20 Å². The molecule has 0 unspecified atom stereocenters. The number of aromatic nitrogens is 3. The molecule has 2 aromatic heterocycles. The van der Waals surface area contributed by atoms with Crippen LogP contribution in [0, 0.1) is 5.41 Å². The van der Waals surface area contributed by atoms with E-state index in [-0.39, 0.29) is 12.5 Å². The highest BCUT2D eigenvalue weighted by molar-refractivity contribution is 9.10. The fourth-order valence-electron chi connectivity index (χ4n) is 2.76. The lowest BCUT2D eigenvalue weighted by atomic mass is 9.95. The second kappa shape index (κ2) is 8.92. The highest BCUT2D eigenvalue weighted by Crippen LogP contribution is 2.26. The monoisotopic (exact) mass is 460 g/mol. The number of fused-ring (bicyclic) bond motifs is 1. The van der Waals surface area contributed by atoms with E-state index in [1.54, 1.807) is 7.11 Å². The maximum absolute atomic E-state index is 12.7. The van der Waals surface area contributed by atoms with Gasteiger partial charge in [-0.1, -0.05) is 51.1 Å². The van der Waals surface area contributed by atoms with Crippen molar-refractivity contribution in [2.75, 3.05) is 13.7 Å². The normalized spacial score (nSPS) is 12.7. The van der Waals surface area contributed by atoms with Gasteiger partial charge in [0.05, 0.1) is 20.3 Å². The zero-order valence-electron chi connectivity index (χ0n) is 17.0. The van der Waals surface area contributed by atoms with Crippen molar-refractivity contribution >= 4 is 27.5 Å². The Balaban J connectivity index is 1.89. The molecule has 0 radical (unpaired) electrons. The van der Waals surface area contributed by atoms with Gasteiger partial charge < -0.3 is 14.8 Å². The van der Waals surface area contributed by atoms with Crippen LogP contribution in [-0.4, -0.2) is 34.2 Å². The summed E-state index contributed by atoms with van der Waals surface area (Å²) in [4.78, 5) is 12.7. The van der Waals surface area contributed by atoms with E-state index in [1.165, 1.54) is 0 Å². The third kappa shape index (κ3) is 5.13. The lowest BCUT2D eigenvalue weighted by Crippen LogP contribution is -2.39. The number of nitrogens with one attached hydrogen (secondary N) is 1. The Bertz CT molecular complexity index is 983. The molecular formula is C21H25BrN4O3. The lowest BCUT2D eigenvalue weighted by molar-refractivity contribution is -0.129. The van der Waals surface area contributed by atoms with E-state index in [4.69, 9.17) is 9.47 Å². The minimum Gasteiger partial charge on any atom is -0.493 e. The van der Waals surface area contributed by atoms with Crippen LogP contribution in [0.4, 0.5) is 0 Å². The van der Waals surface area contributed by atoms with Gasteiger partial charge in [0.2, 0.25) is 11.6 Å². The Morgan fingerprint density at radius 1 is 1.24 bits per heavy atom. The van der Waals surface area contributed by atoms with Crippen molar-refractivity contribution in [3.8, 4) is 5.75 Å². The Morgan fingerprint density at radius 2 is 1.97 bits per heavy atom. The first kappa shape index (κ1) is 21.3. The van der Waals surface area contributed by atoms with Gasteiger partial charge in [-0.05, 0) is 27.6 Å². The van der Waals surface area contributed by atoms with Crippen LogP contribution >= 0.6 is 15.9 Å². The molecule has 1 amide bonds. The molecule has 2 heterocycles. The standard InChI is InChI=1S/C21H25BrN4O3/c1-21(2,3)20(27)23-16(13-29-12-14-8-6-5-7-9-14)18-24-25-19-17(28-4)10-15(22)11-26(18)19/h5-11,16H,12-13H2,1-4H3,(H,23,27)/t16-/m1/s1. The summed E-state index contributed by atoms with van der Waals surface area (Å²) in [6, 6.07) is 11.2. The van der Waals surface area contributed by atoms with Crippen LogP contribution in [0.3, 0.4) is 0 Å². The van der Waals surface area contributed by atoms with Crippen LogP contribution in [0.1, 0.15) is 38.2 Å². The number of halogens is 1. The van der Waals surface area contributed by atoms with Crippen LogP contribution < -0.4 is 10.1 Å². The van der Waals surface area contributed by atoms with E-state index in [1.807, 2.05) is 67.8 Å². The third-order valence-corrected chi connectivity index (χ3v) is 4.81. The Morgan fingerprint density at radius 3 is 2.62 bits per heavy atom. The lowest BCUT2D eigenvalue weighted by Gasteiger charge is -2.23. The number of carbonyl (C=O) groups is 1. The number of nitrogens with zero attached hydrogens (tertiary/aromatic N) is 3. The zero-order valence-corrected chi connectivity index (χ0v) is 18.6. The second-order valence-corrected chi connectivity index (χ2v) is 8.67. The Kier molecular flexibility index (Phi) is 6.54. The van der Waals surface area contributed by atoms with E-state index in [9.17, 15) is 4.79 Å². The summed E-state index contributed by atoms with van der Waals surface area (Å²) in [7, 11) is 1.58. The number of amides is 1. The Labute approximate surface area is 178 Å². The number of pyridine rings is 1. The molecule has 154 valence electrons. The van der Waals surface area contributed by atoms with Gasteiger partial charge in [0.1, 0.15) is 6.04 Å². The first-order valence-corrected chi connectivity index (χ1v) is 10.1. The predicted octanol–water partition coefficient (Wildman–Crippen LogP) is 3.92. The van der Waals surface area contributed by atoms with Crippen LogP contribution in [0.15, 0.2) is 47.1 Å². The number of carbonyl (C=O) groups excluding carboxylic acids is 1. The molecule has 0 aliphatic carbocycles. The van der Waals surface area contributed by atoms with E-state index in [0.717, 1.165) is 10.0 Å².